The molecule has 6 aromatic rings. The van der Waals surface area contributed by atoms with Crippen molar-refractivity contribution in [3.8, 4) is 33.8 Å². The van der Waals surface area contributed by atoms with Crippen molar-refractivity contribution in [3.05, 3.63) is 126 Å². The predicted octanol–water partition coefficient (Wildman–Crippen LogP) is 6.75. The van der Waals surface area contributed by atoms with Crippen molar-refractivity contribution in [1.82, 2.24) is 24.7 Å². The van der Waals surface area contributed by atoms with Crippen molar-refractivity contribution >= 4 is 18.9 Å². The molecule has 5 nitrogen and oxygen atoms in total. The highest BCUT2D eigenvalue weighted by atomic mass is 15.1. The van der Waals surface area contributed by atoms with Gasteiger partial charge in [-0.2, -0.15) is 0 Å². The van der Waals surface area contributed by atoms with Crippen LogP contribution in [0.5, 0.6) is 0 Å². The summed E-state index contributed by atoms with van der Waals surface area (Å²) < 4.78 is 0. The molecular formula is C32H26BN5. The fourth-order valence-electron chi connectivity index (χ4n) is 4.89. The minimum atomic E-state index is 0.449. The first-order chi connectivity index (χ1) is 18.7. The van der Waals surface area contributed by atoms with Crippen molar-refractivity contribution in [2.45, 2.75) is 20.0 Å². The number of hydrogen-bond acceptors (Lipinski definition) is 4. The van der Waals surface area contributed by atoms with Gasteiger partial charge >= 0.3 is 0 Å². The number of fused-ring (bicyclic) bond motifs is 1. The molecule has 38 heavy (non-hydrogen) atoms. The molecule has 1 N–H and O–H groups in total. The molecule has 2 radical (unpaired) electrons. The Morgan fingerprint density at radius 3 is 2.39 bits per heavy atom. The quantitative estimate of drug-likeness (QED) is 0.251. The van der Waals surface area contributed by atoms with Crippen LogP contribution in [0.2, 0.25) is 0 Å². The van der Waals surface area contributed by atoms with Gasteiger partial charge in [0.25, 0.3) is 0 Å². The second-order valence-electron chi connectivity index (χ2n) is 9.38. The molecule has 182 valence electrons. The van der Waals surface area contributed by atoms with Gasteiger partial charge < -0.3 is 9.79 Å². The van der Waals surface area contributed by atoms with Crippen molar-refractivity contribution in [2.75, 3.05) is 0 Å². The van der Waals surface area contributed by atoms with E-state index in [0.717, 1.165) is 50.6 Å². The molecule has 3 aromatic heterocycles. The molecule has 0 aliphatic rings. The second-order valence-corrected chi connectivity index (χ2v) is 9.38. The lowest BCUT2D eigenvalue weighted by atomic mass is 9.99. The molecule has 0 unspecified atom stereocenters. The zero-order valence-corrected chi connectivity index (χ0v) is 21.2. The van der Waals surface area contributed by atoms with E-state index in [1.54, 1.807) is 4.81 Å². The summed E-state index contributed by atoms with van der Waals surface area (Å²) in [6.45, 7) is 3.02. The molecule has 3 aromatic carbocycles. The number of nitrogens with one attached hydrogen (secondary N) is 1. The zero-order valence-electron chi connectivity index (χ0n) is 21.2. The van der Waals surface area contributed by atoms with E-state index < -0.39 is 0 Å². The average Bonchev–Trinajstić information content (AvgIpc) is 3.37. The first-order valence-corrected chi connectivity index (χ1v) is 12.7. The molecular weight excluding hydrogens is 465 g/mol. The summed E-state index contributed by atoms with van der Waals surface area (Å²) >= 11 is 0. The van der Waals surface area contributed by atoms with Gasteiger partial charge in [0.15, 0.2) is 7.98 Å². The lowest BCUT2D eigenvalue weighted by Crippen LogP contribution is -2.20. The van der Waals surface area contributed by atoms with Gasteiger partial charge in [0.1, 0.15) is 5.82 Å². The number of para-hydroxylation sites is 1. The fraction of sp³-hybridized carbons (Fsp3) is 0.0938. The number of hydrogen-bond donors (Lipinski definition) is 1. The van der Waals surface area contributed by atoms with E-state index in [4.69, 9.17) is 17.9 Å². The Morgan fingerprint density at radius 2 is 1.53 bits per heavy atom. The van der Waals surface area contributed by atoms with Crippen LogP contribution in [-0.4, -0.2) is 32.7 Å². The second kappa shape index (κ2) is 10.4. The van der Waals surface area contributed by atoms with Crippen LogP contribution in [0, 0.1) is 6.92 Å². The SMILES string of the molecule is [B]N(Cc1nc(-c2ccnc3ccccc23)c(-c2cccc(C)n2)[nH]1)Cc1ccccc1-c1ccccc1. The first-order valence-electron chi connectivity index (χ1n) is 12.7. The van der Waals surface area contributed by atoms with Gasteiger partial charge in [-0.1, -0.05) is 78.9 Å². The minimum Gasteiger partial charge on any atom is -0.344 e. The summed E-state index contributed by atoms with van der Waals surface area (Å²) in [5.41, 5.74) is 8.96. The number of H-pyrrole nitrogens is 1. The number of aryl methyl sites for hydroxylation is 1. The van der Waals surface area contributed by atoms with Gasteiger partial charge in [0.05, 0.1) is 22.6 Å². The standard InChI is InChI=1S/C32H26BN5/c1-22-10-9-17-29(35-22)32-31(27-18-19-34-28-16-8-7-15-26(27)28)36-30(37-32)21-38(33)20-24-13-5-6-14-25(24)23-11-3-2-4-12-23/h2-19H,20-21H2,1H3,(H,36,37). The van der Waals surface area contributed by atoms with Gasteiger partial charge in [-0.15, -0.1) is 0 Å². The Labute approximate surface area is 223 Å². The van der Waals surface area contributed by atoms with Gasteiger partial charge in [0, 0.05) is 35.9 Å². The largest absolute Gasteiger partial charge is 0.344 e. The molecule has 0 saturated heterocycles. The number of benzene rings is 3. The van der Waals surface area contributed by atoms with Crippen LogP contribution in [0.15, 0.2) is 109 Å². The normalized spacial score (nSPS) is 11.3. The molecule has 0 bridgehead atoms. The van der Waals surface area contributed by atoms with Crippen LogP contribution in [0.3, 0.4) is 0 Å². The van der Waals surface area contributed by atoms with Gasteiger partial charge in [0.2, 0.25) is 0 Å². The third kappa shape index (κ3) is 4.86. The van der Waals surface area contributed by atoms with E-state index in [2.05, 4.69) is 64.6 Å². The summed E-state index contributed by atoms with van der Waals surface area (Å²) in [5, 5.41) is 1.04. The van der Waals surface area contributed by atoms with E-state index in [1.165, 1.54) is 11.1 Å². The van der Waals surface area contributed by atoms with Crippen molar-refractivity contribution in [1.29, 1.82) is 0 Å². The number of pyridine rings is 2. The van der Waals surface area contributed by atoms with Crippen molar-refractivity contribution < 1.29 is 0 Å². The van der Waals surface area contributed by atoms with Crippen LogP contribution in [0.4, 0.5) is 0 Å². The van der Waals surface area contributed by atoms with Crippen molar-refractivity contribution in [2.24, 2.45) is 0 Å². The molecule has 0 fully saturated rings. The van der Waals surface area contributed by atoms with Crippen LogP contribution >= 0.6 is 0 Å². The predicted molar refractivity (Wildman–Crippen MR) is 154 cm³/mol. The maximum atomic E-state index is 6.58. The van der Waals surface area contributed by atoms with Gasteiger partial charge in [-0.05, 0) is 47.9 Å². The highest BCUT2D eigenvalue weighted by Gasteiger charge is 2.19. The fourth-order valence-corrected chi connectivity index (χ4v) is 4.89. The van der Waals surface area contributed by atoms with Gasteiger partial charge in [-0.3, -0.25) is 9.97 Å². The van der Waals surface area contributed by atoms with E-state index >= 15 is 0 Å². The lowest BCUT2D eigenvalue weighted by molar-refractivity contribution is 0.433. The molecule has 6 heteroatoms. The highest BCUT2D eigenvalue weighted by Crippen LogP contribution is 2.34. The Kier molecular flexibility index (Phi) is 6.55. The van der Waals surface area contributed by atoms with Crippen LogP contribution in [-0.2, 0) is 13.1 Å². The lowest BCUT2D eigenvalue weighted by Gasteiger charge is -2.18. The first kappa shape index (κ1) is 23.8. The Bertz CT molecular complexity index is 1710. The number of imidazole rings is 1. The summed E-state index contributed by atoms with van der Waals surface area (Å²) in [7, 11) is 6.58. The molecule has 0 spiro atoms. The molecule has 6 rings (SSSR count). The monoisotopic (exact) mass is 491 g/mol. The highest BCUT2D eigenvalue weighted by molar-refractivity contribution is 6.04. The molecule has 0 aliphatic heterocycles. The molecule has 0 saturated carbocycles. The number of nitrogens with zero attached hydrogens (tertiary/aromatic N) is 4. The maximum absolute atomic E-state index is 6.58. The molecule has 0 aliphatic carbocycles. The zero-order chi connectivity index (χ0) is 25.9. The van der Waals surface area contributed by atoms with Crippen LogP contribution in [0.25, 0.3) is 44.7 Å². The number of aromatic amines is 1. The van der Waals surface area contributed by atoms with E-state index in [1.807, 2.05) is 61.7 Å². The summed E-state index contributed by atoms with van der Waals surface area (Å²) in [6, 6.07) is 34.9. The van der Waals surface area contributed by atoms with Crippen LogP contribution in [0.1, 0.15) is 17.1 Å². The third-order valence-corrected chi connectivity index (χ3v) is 6.63. The number of rotatable bonds is 7. The average molecular weight is 491 g/mol. The molecule has 0 amide bonds. The van der Waals surface area contributed by atoms with E-state index in [9.17, 15) is 0 Å². The van der Waals surface area contributed by atoms with E-state index in [0.29, 0.717) is 13.1 Å². The molecule has 0 atom stereocenters. The Balaban J connectivity index is 1.36. The van der Waals surface area contributed by atoms with E-state index in [-0.39, 0.29) is 0 Å². The van der Waals surface area contributed by atoms with Gasteiger partial charge in [-0.25, -0.2) is 4.98 Å². The summed E-state index contributed by atoms with van der Waals surface area (Å²) in [5.74, 6) is 0.777. The van der Waals surface area contributed by atoms with Crippen LogP contribution < -0.4 is 0 Å². The summed E-state index contributed by atoms with van der Waals surface area (Å²) in [6.07, 6.45) is 1.83. The van der Waals surface area contributed by atoms with Crippen molar-refractivity contribution in [3.63, 3.8) is 0 Å². The topological polar surface area (TPSA) is 57.7 Å². The smallest absolute Gasteiger partial charge is 0.183 e. The Hall–Kier alpha value is -4.55. The molecule has 3 heterocycles. The summed E-state index contributed by atoms with van der Waals surface area (Å²) in [4.78, 5) is 19.7. The number of aromatic nitrogens is 4. The third-order valence-electron chi connectivity index (χ3n) is 6.63. The minimum absolute atomic E-state index is 0.449. The maximum Gasteiger partial charge on any atom is 0.183 e. The Morgan fingerprint density at radius 1 is 0.737 bits per heavy atom.